The lowest BCUT2D eigenvalue weighted by molar-refractivity contribution is -0.384. The van der Waals surface area contributed by atoms with Crippen LogP contribution >= 0.6 is 11.6 Å². The first-order chi connectivity index (χ1) is 17.1. The minimum absolute atomic E-state index is 0.0260. The second-order valence-corrected chi connectivity index (χ2v) is 10.9. The van der Waals surface area contributed by atoms with Crippen LogP contribution in [0, 0.1) is 16.0 Å². The predicted molar refractivity (Wildman–Crippen MR) is 144 cm³/mol. The third-order valence-electron chi connectivity index (χ3n) is 7.16. The van der Waals surface area contributed by atoms with Crippen molar-refractivity contribution in [2.75, 3.05) is 10.6 Å². The molecule has 6 nitrogen and oxygen atoms in total. The SMILES string of the molecule is CC(C)(C)c1ccc(C(=O)Nc2ccc3c(c2)C2C=CCC2C(c2cc([N+](=O)[O-])ccc2Cl)N3)cc1. The highest BCUT2D eigenvalue weighted by atomic mass is 35.5. The molecule has 5 rings (SSSR count). The number of halogens is 1. The van der Waals surface area contributed by atoms with Crippen LogP contribution < -0.4 is 10.6 Å². The summed E-state index contributed by atoms with van der Waals surface area (Å²) in [6, 6.07) is 18.0. The number of carbonyl (C=O) groups excluding carboxylic acids is 1. The van der Waals surface area contributed by atoms with Crippen molar-refractivity contribution in [3.63, 3.8) is 0 Å². The van der Waals surface area contributed by atoms with Gasteiger partial charge in [0, 0.05) is 45.6 Å². The van der Waals surface area contributed by atoms with Crippen molar-refractivity contribution in [3.8, 4) is 0 Å². The molecule has 0 fully saturated rings. The summed E-state index contributed by atoms with van der Waals surface area (Å²) >= 11 is 6.50. The molecule has 0 spiro atoms. The van der Waals surface area contributed by atoms with Crippen LogP contribution in [0.1, 0.15) is 66.2 Å². The van der Waals surface area contributed by atoms with Crippen LogP contribution in [0.3, 0.4) is 0 Å². The van der Waals surface area contributed by atoms with Gasteiger partial charge in [0.2, 0.25) is 0 Å². The molecular formula is C29H28ClN3O3. The van der Waals surface area contributed by atoms with Gasteiger partial charge >= 0.3 is 0 Å². The average molecular weight is 502 g/mol. The Morgan fingerprint density at radius 2 is 1.81 bits per heavy atom. The van der Waals surface area contributed by atoms with Gasteiger partial charge in [-0.2, -0.15) is 0 Å². The molecule has 0 aromatic heterocycles. The highest BCUT2D eigenvalue weighted by Gasteiger charge is 2.39. The molecule has 0 saturated carbocycles. The van der Waals surface area contributed by atoms with Crippen LogP contribution in [-0.2, 0) is 5.41 Å². The number of fused-ring (bicyclic) bond motifs is 3. The molecular weight excluding hydrogens is 474 g/mol. The largest absolute Gasteiger partial charge is 0.378 e. The Morgan fingerprint density at radius 1 is 1.06 bits per heavy atom. The Balaban J connectivity index is 1.41. The molecule has 0 bridgehead atoms. The van der Waals surface area contributed by atoms with Crippen molar-refractivity contribution in [3.05, 3.63) is 110 Å². The Hall–Kier alpha value is -3.64. The molecule has 2 N–H and O–H groups in total. The van der Waals surface area contributed by atoms with Gasteiger partial charge in [0.25, 0.3) is 11.6 Å². The number of nitro benzene ring substituents is 1. The maximum Gasteiger partial charge on any atom is 0.269 e. The van der Waals surface area contributed by atoms with Crippen molar-refractivity contribution in [1.82, 2.24) is 0 Å². The van der Waals surface area contributed by atoms with E-state index in [1.807, 2.05) is 42.5 Å². The van der Waals surface area contributed by atoms with Gasteiger partial charge in [-0.3, -0.25) is 14.9 Å². The lowest BCUT2D eigenvalue weighted by Crippen LogP contribution is -2.29. The number of benzene rings is 3. The number of amides is 1. The van der Waals surface area contributed by atoms with Crippen molar-refractivity contribution in [2.24, 2.45) is 5.92 Å². The molecule has 2 aliphatic rings. The number of nitro groups is 1. The van der Waals surface area contributed by atoms with E-state index in [1.54, 1.807) is 12.1 Å². The summed E-state index contributed by atoms with van der Waals surface area (Å²) in [5.41, 5.74) is 5.32. The summed E-state index contributed by atoms with van der Waals surface area (Å²) in [7, 11) is 0. The van der Waals surface area contributed by atoms with Crippen molar-refractivity contribution >= 4 is 34.6 Å². The monoisotopic (exact) mass is 501 g/mol. The van der Waals surface area contributed by atoms with E-state index in [9.17, 15) is 14.9 Å². The topological polar surface area (TPSA) is 84.3 Å². The summed E-state index contributed by atoms with van der Waals surface area (Å²) < 4.78 is 0. The highest BCUT2D eigenvalue weighted by molar-refractivity contribution is 6.31. The molecule has 0 radical (unpaired) electrons. The normalized spacial score (nSPS) is 20.3. The molecule has 36 heavy (non-hydrogen) atoms. The van der Waals surface area contributed by atoms with Gasteiger partial charge in [0.05, 0.1) is 11.0 Å². The minimum Gasteiger partial charge on any atom is -0.378 e. The van der Waals surface area contributed by atoms with Crippen molar-refractivity contribution < 1.29 is 9.72 Å². The zero-order chi connectivity index (χ0) is 25.6. The average Bonchev–Trinajstić information content (AvgIpc) is 3.34. The number of allylic oxidation sites excluding steroid dienone is 2. The summed E-state index contributed by atoms with van der Waals surface area (Å²) in [4.78, 5) is 23.9. The maximum absolute atomic E-state index is 12.9. The molecule has 3 aromatic rings. The molecule has 7 heteroatoms. The quantitative estimate of drug-likeness (QED) is 0.219. The van der Waals surface area contributed by atoms with Crippen molar-refractivity contribution in [1.29, 1.82) is 0 Å². The highest BCUT2D eigenvalue weighted by Crippen LogP contribution is 2.51. The number of hydrogen-bond donors (Lipinski definition) is 2. The summed E-state index contributed by atoms with van der Waals surface area (Å²) in [5, 5.41) is 18.5. The fourth-order valence-electron chi connectivity index (χ4n) is 5.19. The molecule has 0 saturated heterocycles. The second-order valence-electron chi connectivity index (χ2n) is 10.5. The van der Waals surface area contributed by atoms with E-state index >= 15 is 0 Å². The standard InChI is InChI=1S/C29H28ClN3O3/c1-29(2,3)18-9-7-17(8-10-18)28(34)31-19-11-14-26-23(15-19)21-5-4-6-22(21)27(32-26)24-16-20(33(35)36)12-13-25(24)30/h4-5,7-16,21-22,27,32H,6H2,1-3H3,(H,31,34). The Labute approximate surface area is 215 Å². The first-order valence-corrected chi connectivity index (χ1v) is 12.4. The van der Waals surface area contributed by atoms with Gasteiger partial charge in [-0.25, -0.2) is 0 Å². The van der Waals surface area contributed by atoms with Crippen LogP contribution in [0.15, 0.2) is 72.8 Å². The number of nitrogens with zero attached hydrogens (tertiary/aromatic N) is 1. The summed E-state index contributed by atoms with van der Waals surface area (Å²) in [6.45, 7) is 6.43. The zero-order valence-corrected chi connectivity index (χ0v) is 21.2. The van der Waals surface area contributed by atoms with Gasteiger partial charge in [0.15, 0.2) is 0 Å². The van der Waals surface area contributed by atoms with E-state index in [0.29, 0.717) is 10.6 Å². The smallest absolute Gasteiger partial charge is 0.269 e. The Morgan fingerprint density at radius 3 is 2.50 bits per heavy atom. The molecule has 1 heterocycles. The van der Waals surface area contributed by atoms with Gasteiger partial charge in [0.1, 0.15) is 0 Å². The Bertz CT molecular complexity index is 1380. The maximum atomic E-state index is 12.9. The van der Waals surface area contributed by atoms with Crippen LogP contribution in [0.5, 0.6) is 0 Å². The van der Waals surface area contributed by atoms with Crippen LogP contribution in [-0.4, -0.2) is 10.8 Å². The first-order valence-electron chi connectivity index (χ1n) is 12.0. The van der Waals surface area contributed by atoms with Gasteiger partial charge in [-0.15, -0.1) is 0 Å². The third kappa shape index (κ3) is 4.49. The second kappa shape index (κ2) is 9.10. The van der Waals surface area contributed by atoms with E-state index < -0.39 is 4.92 Å². The van der Waals surface area contributed by atoms with E-state index in [2.05, 4.69) is 43.6 Å². The fraction of sp³-hybridized carbons (Fsp3) is 0.276. The molecule has 1 aliphatic carbocycles. The Kier molecular flexibility index (Phi) is 6.08. The molecule has 184 valence electrons. The molecule has 1 aliphatic heterocycles. The zero-order valence-electron chi connectivity index (χ0n) is 20.4. The fourth-order valence-corrected chi connectivity index (χ4v) is 5.42. The lowest BCUT2D eigenvalue weighted by Gasteiger charge is -2.38. The number of nitrogens with one attached hydrogen (secondary N) is 2. The number of non-ortho nitro benzene ring substituents is 1. The van der Waals surface area contributed by atoms with Crippen LogP contribution in [0.4, 0.5) is 17.1 Å². The number of hydrogen-bond acceptors (Lipinski definition) is 4. The van der Waals surface area contributed by atoms with E-state index in [1.165, 1.54) is 11.6 Å². The van der Waals surface area contributed by atoms with Gasteiger partial charge in [-0.1, -0.05) is 56.7 Å². The number of anilines is 2. The van der Waals surface area contributed by atoms with Crippen LogP contribution in [0.2, 0.25) is 5.02 Å². The molecule has 3 unspecified atom stereocenters. The third-order valence-corrected chi connectivity index (χ3v) is 7.50. The minimum atomic E-state index is -0.396. The van der Waals surface area contributed by atoms with Crippen molar-refractivity contribution in [2.45, 2.75) is 44.6 Å². The lowest BCUT2D eigenvalue weighted by atomic mass is 9.77. The van der Waals surface area contributed by atoms with E-state index in [4.69, 9.17) is 11.6 Å². The predicted octanol–water partition coefficient (Wildman–Crippen LogP) is 7.62. The van der Waals surface area contributed by atoms with Crippen LogP contribution in [0.25, 0.3) is 0 Å². The van der Waals surface area contributed by atoms with Gasteiger partial charge < -0.3 is 10.6 Å². The van der Waals surface area contributed by atoms with E-state index in [0.717, 1.165) is 28.9 Å². The van der Waals surface area contributed by atoms with Gasteiger partial charge in [-0.05, 0) is 65.3 Å². The first kappa shape index (κ1) is 24.1. The van der Waals surface area contributed by atoms with E-state index in [-0.39, 0.29) is 34.9 Å². The summed E-state index contributed by atoms with van der Waals surface area (Å²) in [5.74, 6) is 0.122. The molecule has 3 aromatic carbocycles. The molecule has 3 atom stereocenters. The molecule has 1 amide bonds. The summed E-state index contributed by atoms with van der Waals surface area (Å²) in [6.07, 6.45) is 5.16. The number of carbonyl (C=O) groups is 1. The number of rotatable bonds is 4.